The van der Waals surface area contributed by atoms with Gasteiger partial charge in [0.1, 0.15) is 0 Å². The minimum absolute atomic E-state index is 0.179. The zero-order valence-corrected chi connectivity index (χ0v) is 11.1. The second-order valence-electron chi connectivity index (χ2n) is 4.81. The second kappa shape index (κ2) is 7.07. The van der Waals surface area contributed by atoms with Crippen LogP contribution in [-0.2, 0) is 0 Å². The fraction of sp³-hybridized carbons (Fsp3) is 0.294. The second-order valence-corrected chi connectivity index (χ2v) is 4.81. The molecule has 100 valence electrons. The lowest BCUT2D eigenvalue weighted by atomic mass is 9.79. The van der Waals surface area contributed by atoms with Crippen LogP contribution in [0.2, 0.25) is 0 Å². The normalized spacial score (nSPS) is 12.6. The molecule has 0 radical (unpaired) electrons. The van der Waals surface area contributed by atoms with Crippen LogP contribution in [0.1, 0.15) is 23.5 Å². The quantitative estimate of drug-likeness (QED) is 0.833. The Labute approximate surface area is 114 Å². The van der Waals surface area contributed by atoms with E-state index in [1.807, 2.05) is 12.1 Å². The molecule has 3 N–H and O–H groups in total. The van der Waals surface area contributed by atoms with Gasteiger partial charge < -0.3 is 10.8 Å². The van der Waals surface area contributed by atoms with Gasteiger partial charge >= 0.3 is 0 Å². The minimum Gasteiger partial charge on any atom is -0.396 e. The highest BCUT2D eigenvalue weighted by Gasteiger charge is 2.23. The Bertz CT molecular complexity index is 430. The SMILES string of the molecule is NCC(CCO)C(c1ccccc1)c1ccccc1. The highest BCUT2D eigenvalue weighted by molar-refractivity contribution is 5.33. The van der Waals surface area contributed by atoms with E-state index >= 15 is 0 Å². The van der Waals surface area contributed by atoms with E-state index in [9.17, 15) is 5.11 Å². The molecule has 2 nitrogen and oxygen atoms in total. The van der Waals surface area contributed by atoms with Crippen LogP contribution in [0, 0.1) is 5.92 Å². The number of benzene rings is 2. The Morgan fingerprint density at radius 3 is 1.68 bits per heavy atom. The first-order valence-corrected chi connectivity index (χ1v) is 6.77. The fourth-order valence-electron chi connectivity index (χ4n) is 2.64. The third-order valence-corrected chi connectivity index (χ3v) is 3.59. The summed E-state index contributed by atoms with van der Waals surface area (Å²) in [5.74, 6) is 0.509. The molecule has 0 heterocycles. The van der Waals surface area contributed by atoms with E-state index in [0.717, 1.165) is 6.42 Å². The lowest BCUT2D eigenvalue weighted by Gasteiger charge is -2.26. The molecule has 2 aromatic carbocycles. The Balaban J connectivity index is 2.38. The smallest absolute Gasteiger partial charge is 0.0434 e. The van der Waals surface area contributed by atoms with Gasteiger partial charge in [0.05, 0.1) is 0 Å². The molecule has 0 fully saturated rings. The lowest BCUT2D eigenvalue weighted by molar-refractivity contribution is 0.251. The molecule has 0 spiro atoms. The lowest BCUT2D eigenvalue weighted by Crippen LogP contribution is -2.24. The molecule has 0 aromatic heterocycles. The van der Waals surface area contributed by atoms with Gasteiger partial charge in [-0.1, -0.05) is 60.7 Å². The van der Waals surface area contributed by atoms with Crippen molar-refractivity contribution < 1.29 is 5.11 Å². The van der Waals surface area contributed by atoms with Crippen LogP contribution < -0.4 is 5.73 Å². The van der Waals surface area contributed by atoms with Crippen LogP contribution >= 0.6 is 0 Å². The van der Waals surface area contributed by atoms with Crippen molar-refractivity contribution in [3.05, 3.63) is 71.8 Å². The summed E-state index contributed by atoms with van der Waals surface area (Å²) < 4.78 is 0. The van der Waals surface area contributed by atoms with Gasteiger partial charge in [-0.25, -0.2) is 0 Å². The summed E-state index contributed by atoms with van der Waals surface area (Å²) in [4.78, 5) is 0. The van der Waals surface area contributed by atoms with Gasteiger partial charge in [0.15, 0.2) is 0 Å². The summed E-state index contributed by atoms with van der Waals surface area (Å²) in [6, 6.07) is 20.8. The van der Waals surface area contributed by atoms with E-state index in [0.29, 0.717) is 6.54 Å². The van der Waals surface area contributed by atoms with Crippen molar-refractivity contribution in [3.63, 3.8) is 0 Å². The summed E-state index contributed by atoms with van der Waals surface area (Å²) in [6.07, 6.45) is 0.727. The van der Waals surface area contributed by atoms with Crippen LogP contribution in [0.4, 0.5) is 0 Å². The molecule has 0 amide bonds. The molecular formula is C17H21NO. The van der Waals surface area contributed by atoms with Crippen molar-refractivity contribution in [2.45, 2.75) is 12.3 Å². The first-order chi connectivity index (χ1) is 9.36. The monoisotopic (exact) mass is 255 g/mol. The van der Waals surface area contributed by atoms with E-state index in [1.165, 1.54) is 11.1 Å². The number of hydrogen-bond donors (Lipinski definition) is 2. The summed E-state index contributed by atoms with van der Waals surface area (Å²) in [5.41, 5.74) is 8.45. The highest BCUT2D eigenvalue weighted by Crippen LogP contribution is 2.33. The predicted molar refractivity (Wildman–Crippen MR) is 79.0 cm³/mol. The van der Waals surface area contributed by atoms with E-state index in [1.54, 1.807) is 0 Å². The molecule has 2 rings (SSSR count). The van der Waals surface area contributed by atoms with Gasteiger partial charge in [0.2, 0.25) is 0 Å². The summed E-state index contributed by atoms with van der Waals surface area (Å²) in [5, 5.41) is 9.25. The Morgan fingerprint density at radius 2 is 1.32 bits per heavy atom. The first-order valence-electron chi connectivity index (χ1n) is 6.77. The summed E-state index contributed by atoms with van der Waals surface area (Å²) in [6.45, 7) is 0.757. The maximum Gasteiger partial charge on any atom is 0.0434 e. The molecule has 0 saturated carbocycles. The number of rotatable bonds is 6. The minimum atomic E-state index is 0.179. The molecule has 0 aliphatic rings. The Morgan fingerprint density at radius 1 is 0.842 bits per heavy atom. The van der Waals surface area contributed by atoms with Crippen molar-refractivity contribution in [1.29, 1.82) is 0 Å². The average molecular weight is 255 g/mol. The van der Waals surface area contributed by atoms with E-state index < -0.39 is 0 Å². The van der Waals surface area contributed by atoms with Gasteiger partial charge in [0.25, 0.3) is 0 Å². The number of hydrogen-bond acceptors (Lipinski definition) is 2. The predicted octanol–water partition coefficient (Wildman–Crippen LogP) is 2.78. The van der Waals surface area contributed by atoms with Gasteiger partial charge in [-0.05, 0) is 30.0 Å². The number of nitrogens with two attached hydrogens (primary N) is 1. The van der Waals surface area contributed by atoms with Crippen molar-refractivity contribution in [2.75, 3.05) is 13.2 Å². The molecule has 0 aliphatic carbocycles. The summed E-state index contributed by atoms with van der Waals surface area (Å²) in [7, 11) is 0. The molecule has 1 unspecified atom stereocenters. The van der Waals surface area contributed by atoms with Crippen LogP contribution in [-0.4, -0.2) is 18.3 Å². The maximum atomic E-state index is 9.25. The van der Waals surface area contributed by atoms with Crippen LogP contribution in [0.15, 0.2) is 60.7 Å². The zero-order chi connectivity index (χ0) is 13.5. The molecule has 2 aromatic rings. The molecule has 19 heavy (non-hydrogen) atoms. The third kappa shape index (κ3) is 3.43. The van der Waals surface area contributed by atoms with Crippen molar-refractivity contribution in [2.24, 2.45) is 11.7 Å². The number of aliphatic hydroxyl groups is 1. The van der Waals surface area contributed by atoms with Gasteiger partial charge in [-0.3, -0.25) is 0 Å². The topological polar surface area (TPSA) is 46.2 Å². The van der Waals surface area contributed by atoms with Crippen molar-refractivity contribution >= 4 is 0 Å². The van der Waals surface area contributed by atoms with Crippen molar-refractivity contribution in [3.8, 4) is 0 Å². The van der Waals surface area contributed by atoms with E-state index in [4.69, 9.17) is 5.73 Å². The van der Waals surface area contributed by atoms with E-state index in [-0.39, 0.29) is 18.4 Å². The largest absolute Gasteiger partial charge is 0.396 e. The van der Waals surface area contributed by atoms with Crippen LogP contribution in [0.3, 0.4) is 0 Å². The molecular weight excluding hydrogens is 234 g/mol. The standard InChI is InChI=1S/C17H21NO/c18-13-16(11-12-19)17(14-7-3-1-4-8-14)15-9-5-2-6-10-15/h1-10,16-17,19H,11-13,18H2. The third-order valence-electron chi connectivity index (χ3n) is 3.59. The van der Waals surface area contributed by atoms with Crippen LogP contribution in [0.5, 0.6) is 0 Å². The Hall–Kier alpha value is -1.64. The Kier molecular flexibility index (Phi) is 5.13. The highest BCUT2D eigenvalue weighted by atomic mass is 16.3. The van der Waals surface area contributed by atoms with E-state index in [2.05, 4.69) is 48.5 Å². The summed E-state index contributed by atoms with van der Waals surface area (Å²) >= 11 is 0. The fourth-order valence-corrected chi connectivity index (χ4v) is 2.64. The maximum absolute atomic E-state index is 9.25. The average Bonchev–Trinajstić information content (AvgIpc) is 2.49. The first kappa shape index (κ1) is 13.8. The molecule has 0 aliphatic heterocycles. The molecule has 2 heteroatoms. The molecule has 1 atom stereocenters. The van der Waals surface area contributed by atoms with Gasteiger partial charge in [-0.2, -0.15) is 0 Å². The number of aliphatic hydroxyl groups excluding tert-OH is 1. The van der Waals surface area contributed by atoms with Gasteiger partial charge in [0, 0.05) is 12.5 Å². The molecule has 0 bridgehead atoms. The van der Waals surface area contributed by atoms with Gasteiger partial charge in [-0.15, -0.1) is 0 Å². The molecule has 0 saturated heterocycles. The zero-order valence-electron chi connectivity index (χ0n) is 11.1. The van der Waals surface area contributed by atoms with Crippen molar-refractivity contribution in [1.82, 2.24) is 0 Å². The van der Waals surface area contributed by atoms with Crippen LogP contribution in [0.25, 0.3) is 0 Å².